The van der Waals surface area contributed by atoms with E-state index in [9.17, 15) is 4.79 Å². The maximum absolute atomic E-state index is 10.9. The molecule has 0 saturated carbocycles. The normalized spacial score (nSPS) is 10.2. The molecule has 2 rings (SSSR count). The number of pyridine rings is 1. The first-order valence-corrected chi connectivity index (χ1v) is 4.45. The monoisotopic (exact) mass is 202 g/mol. The number of nitrogens with zero attached hydrogens (tertiary/aromatic N) is 1. The molecule has 15 heavy (non-hydrogen) atoms. The average molecular weight is 202 g/mol. The van der Waals surface area contributed by atoms with Gasteiger partial charge in [0.25, 0.3) is 5.91 Å². The van der Waals surface area contributed by atoms with Crippen LogP contribution in [-0.4, -0.2) is 18.0 Å². The molecule has 4 heteroatoms. The fraction of sp³-hybridized carbons (Fsp3) is 0.0909. The lowest BCUT2D eigenvalue weighted by Crippen LogP contribution is -2.12. The van der Waals surface area contributed by atoms with Crippen LogP contribution in [0, 0.1) is 0 Å². The molecular formula is C11H10N2O2. The highest BCUT2D eigenvalue weighted by Crippen LogP contribution is 2.19. The molecule has 0 aliphatic rings. The summed E-state index contributed by atoms with van der Waals surface area (Å²) in [6.45, 7) is 0. The fourth-order valence-corrected chi connectivity index (χ4v) is 1.37. The lowest BCUT2D eigenvalue weighted by molar-refractivity contribution is 0.0996. The van der Waals surface area contributed by atoms with Crippen molar-refractivity contribution in [3.63, 3.8) is 0 Å². The van der Waals surface area contributed by atoms with E-state index in [0.29, 0.717) is 0 Å². The number of carbonyl (C=O) groups is 1. The van der Waals surface area contributed by atoms with Crippen LogP contribution in [-0.2, 0) is 0 Å². The van der Waals surface area contributed by atoms with E-state index in [1.807, 2.05) is 6.07 Å². The fourth-order valence-electron chi connectivity index (χ4n) is 1.37. The highest BCUT2D eigenvalue weighted by atomic mass is 16.5. The van der Waals surface area contributed by atoms with Crippen LogP contribution in [0.1, 0.15) is 10.5 Å². The molecule has 0 radical (unpaired) electrons. The second kappa shape index (κ2) is 3.57. The van der Waals surface area contributed by atoms with Crippen molar-refractivity contribution >= 4 is 16.8 Å². The third-order valence-corrected chi connectivity index (χ3v) is 2.15. The van der Waals surface area contributed by atoms with E-state index < -0.39 is 5.91 Å². The third kappa shape index (κ3) is 1.74. The van der Waals surface area contributed by atoms with Crippen LogP contribution >= 0.6 is 0 Å². The first-order chi connectivity index (χ1) is 7.20. The molecular weight excluding hydrogens is 192 g/mol. The van der Waals surface area contributed by atoms with Gasteiger partial charge in [-0.1, -0.05) is 6.07 Å². The zero-order valence-electron chi connectivity index (χ0n) is 8.23. The summed E-state index contributed by atoms with van der Waals surface area (Å²) in [6, 6.07) is 8.84. The second-order valence-corrected chi connectivity index (χ2v) is 3.12. The lowest BCUT2D eigenvalue weighted by atomic mass is 10.2. The molecule has 1 amide bonds. The largest absolute Gasteiger partial charge is 0.497 e. The summed E-state index contributed by atoms with van der Waals surface area (Å²) in [5.41, 5.74) is 6.13. The second-order valence-electron chi connectivity index (χ2n) is 3.12. The van der Waals surface area contributed by atoms with E-state index in [-0.39, 0.29) is 5.69 Å². The van der Waals surface area contributed by atoms with Crippen molar-refractivity contribution in [1.29, 1.82) is 0 Å². The Balaban J connectivity index is 2.59. The first kappa shape index (κ1) is 9.45. The molecule has 0 spiro atoms. The predicted molar refractivity (Wildman–Crippen MR) is 56.8 cm³/mol. The first-order valence-electron chi connectivity index (χ1n) is 4.45. The van der Waals surface area contributed by atoms with Crippen LogP contribution in [0.25, 0.3) is 10.9 Å². The number of hydrogen-bond acceptors (Lipinski definition) is 3. The van der Waals surface area contributed by atoms with Crippen LogP contribution in [0.5, 0.6) is 5.75 Å². The summed E-state index contributed by atoms with van der Waals surface area (Å²) < 4.78 is 5.08. The number of amides is 1. The van der Waals surface area contributed by atoms with Gasteiger partial charge in [-0.05, 0) is 24.3 Å². The van der Waals surface area contributed by atoms with Crippen LogP contribution in [0.3, 0.4) is 0 Å². The Bertz CT molecular complexity index is 523. The highest BCUT2D eigenvalue weighted by Gasteiger charge is 2.03. The number of aromatic nitrogens is 1. The third-order valence-electron chi connectivity index (χ3n) is 2.15. The van der Waals surface area contributed by atoms with Crippen LogP contribution in [0.15, 0.2) is 30.3 Å². The summed E-state index contributed by atoms with van der Waals surface area (Å²) in [4.78, 5) is 15.0. The van der Waals surface area contributed by atoms with Gasteiger partial charge in [0.15, 0.2) is 0 Å². The van der Waals surface area contributed by atoms with Crippen molar-refractivity contribution in [1.82, 2.24) is 4.98 Å². The van der Waals surface area contributed by atoms with Crippen molar-refractivity contribution in [2.24, 2.45) is 5.73 Å². The SMILES string of the molecule is COc1ccc2nc(C(N)=O)ccc2c1. The van der Waals surface area contributed by atoms with E-state index >= 15 is 0 Å². The molecule has 0 unspecified atom stereocenters. The van der Waals surface area contributed by atoms with Gasteiger partial charge in [0.05, 0.1) is 12.6 Å². The van der Waals surface area contributed by atoms with E-state index in [4.69, 9.17) is 10.5 Å². The summed E-state index contributed by atoms with van der Waals surface area (Å²) in [5.74, 6) is 0.240. The summed E-state index contributed by atoms with van der Waals surface area (Å²) >= 11 is 0. The molecule has 1 heterocycles. The number of primary amides is 1. The molecule has 2 aromatic rings. The molecule has 0 bridgehead atoms. The van der Waals surface area contributed by atoms with Gasteiger partial charge in [0, 0.05) is 5.39 Å². The smallest absolute Gasteiger partial charge is 0.267 e. The standard InChI is InChI=1S/C11H10N2O2/c1-15-8-3-5-9-7(6-8)2-4-10(13-9)11(12)14/h2-6H,1H3,(H2,12,14). The zero-order valence-corrected chi connectivity index (χ0v) is 8.23. The Hall–Kier alpha value is -2.10. The van der Waals surface area contributed by atoms with Crippen LogP contribution < -0.4 is 10.5 Å². The lowest BCUT2D eigenvalue weighted by Gasteiger charge is -2.02. The van der Waals surface area contributed by atoms with Gasteiger partial charge in [-0.3, -0.25) is 4.79 Å². The van der Waals surface area contributed by atoms with Gasteiger partial charge in [-0.2, -0.15) is 0 Å². The number of carbonyl (C=O) groups excluding carboxylic acids is 1. The molecule has 0 aliphatic carbocycles. The molecule has 4 nitrogen and oxygen atoms in total. The number of benzene rings is 1. The number of fused-ring (bicyclic) bond motifs is 1. The Labute approximate surface area is 86.7 Å². The van der Waals surface area contributed by atoms with Crippen molar-refractivity contribution in [2.45, 2.75) is 0 Å². The van der Waals surface area contributed by atoms with Crippen molar-refractivity contribution < 1.29 is 9.53 Å². The predicted octanol–water partition coefficient (Wildman–Crippen LogP) is 1.34. The molecule has 76 valence electrons. The van der Waals surface area contributed by atoms with E-state index in [1.165, 1.54) is 0 Å². The Morgan fingerprint density at radius 1 is 1.33 bits per heavy atom. The minimum Gasteiger partial charge on any atom is -0.497 e. The van der Waals surface area contributed by atoms with Gasteiger partial charge in [-0.25, -0.2) is 4.98 Å². The number of rotatable bonds is 2. The van der Waals surface area contributed by atoms with E-state index in [0.717, 1.165) is 16.7 Å². The highest BCUT2D eigenvalue weighted by molar-refractivity contribution is 5.93. The number of methoxy groups -OCH3 is 1. The maximum atomic E-state index is 10.9. The molecule has 2 N–H and O–H groups in total. The average Bonchev–Trinajstić information content (AvgIpc) is 2.27. The minimum absolute atomic E-state index is 0.271. The van der Waals surface area contributed by atoms with Crippen LogP contribution in [0.2, 0.25) is 0 Å². The Morgan fingerprint density at radius 3 is 2.80 bits per heavy atom. The number of hydrogen-bond donors (Lipinski definition) is 1. The molecule has 0 saturated heterocycles. The molecule has 0 fully saturated rings. The zero-order chi connectivity index (χ0) is 10.8. The quantitative estimate of drug-likeness (QED) is 0.799. The molecule has 0 atom stereocenters. The van der Waals surface area contributed by atoms with Gasteiger partial charge >= 0.3 is 0 Å². The van der Waals surface area contributed by atoms with Gasteiger partial charge < -0.3 is 10.5 Å². The minimum atomic E-state index is -0.521. The van der Waals surface area contributed by atoms with E-state index in [2.05, 4.69) is 4.98 Å². The van der Waals surface area contributed by atoms with Gasteiger partial charge in [0.2, 0.25) is 0 Å². The molecule has 1 aromatic heterocycles. The van der Waals surface area contributed by atoms with Crippen LogP contribution in [0.4, 0.5) is 0 Å². The topological polar surface area (TPSA) is 65.2 Å². The van der Waals surface area contributed by atoms with E-state index in [1.54, 1.807) is 31.4 Å². The Kier molecular flexibility index (Phi) is 2.25. The van der Waals surface area contributed by atoms with Crippen molar-refractivity contribution in [3.8, 4) is 5.75 Å². The molecule has 1 aromatic carbocycles. The summed E-state index contributed by atoms with van der Waals surface area (Å²) in [6.07, 6.45) is 0. The number of ether oxygens (including phenoxy) is 1. The van der Waals surface area contributed by atoms with Gasteiger partial charge in [-0.15, -0.1) is 0 Å². The van der Waals surface area contributed by atoms with Gasteiger partial charge in [0.1, 0.15) is 11.4 Å². The van der Waals surface area contributed by atoms with Crippen molar-refractivity contribution in [3.05, 3.63) is 36.0 Å². The molecule has 0 aliphatic heterocycles. The number of nitrogens with two attached hydrogens (primary N) is 1. The van der Waals surface area contributed by atoms with Crippen molar-refractivity contribution in [2.75, 3.05) is 7.11 Å². The maximum Gasteiger partial charge on any atom is 0.267 e. The summed E-state index contributed by atoms with van der Waals surface area (Å²) in [7, 11) is 1.60. The Morgan fingerprint density at radius 2 is 2.13 bits per heavy atom. The summed E-state index contributed by atoms with van der Waals surface area (Å²) in [5, 5.41) is 0.916.